The van der Waals surface area contributed by atoms with Gasteiger partial charge in [-0.05, 0) is 45.2 Å². The van der Waals surface area contributed by atoms with Gasteiger partial charge in [-0.25, -0.2) is 0 Å². The van der Waals surface area contributed by atoms with Crippen LogP contribution >= 0.6 is 23.4 Å². The Morgan fingerprint density at radius 1 is 1.31 bits per heavy atom. The highest BCUT2D eigenvalue weighted by molar-refractivity contribution is 8.00. The molecule has 174 valence electrons. The predicted molar refractivity (Wildman–Crippen MR) is 126 cm³/mol. The molecule has 10 heteroatoms. The molecule has 3 rings (SSSR count). The number of carbonyl (C=O) groups is 2. The summed E-state index contributed by atoms with van der Waals surface area (Å²) in [4.78, 5) is 27.1. The lowest BCUT2D eigenvalue weighted by molar-refractivity contribution is -0.131. The fourth-order valence-corrected chi connectivity index (χ4v) is 4.68. The minimum Gasteiger partial charge on any atom is -0.495 e. The number of nitrogens with zero attached hydrogens (tertiary/aromatic N) is 4. The van der Waals surface area contributed by atoms with E-state index in [0.29, 0.717) is 41.1 Å². The number of methoxy groups -OCH3 is 1. The quantitative estimate of drug-likeness (QED) is 0.568. The number of halogens is 1. The summed E-state index contributed by atoms with van der Waals surface area (Å²) in [6.07, 6.45) is 3.63. The molecule has 0 saturated carbocycles. The van der Waals surface area contributed by atoms with E-state index in [1.807, 2.05) is 30.2 Å². The van der Waals surface area contributed by atoms with Gasteiger partial charge in [0.15, 0.2) is 11.0 Å². The number of hydrogen-bond donors (Lipinski definition) is 1. The lowest BCUT2D eigenvalue weighted by Gasteiger charge is -2.20. The van der Waals surface area contributed by atoms with Gasteiger partial charge >= 0.3 is 0 Å². The number of carbonyl (C=O) groups excluding carboxylic acids is 2. The summed E-state index contributed by atoms with van der Waals surface area (Å²) in [6.45, 7) is 7.55. The number of aromatic nitrogens is 3. The average Bonchev–Trinajstić information content (AvgIpc) is 3.03. The maximum Gasteiger partial charge on any atom is 0.237 e. The van der Waals surface area contributed by atoms with Crippen LogP contribution in [0.2, 0.25) is 5.02 Å². The third-order valence-electron chi connectivity index (χ3n) is 5.50. The molecule has 2 aromatic rings. The third kappa shape index (κ3) is 5.75. The highest BCUT2D eigenvalue weighted by atomic mass is 35.5. The Morgan fingerprint density at radius 2 is 2.09 bits per heavy atom. The topological polar surface area (TPSA) is 89.4 Å². The van der Waals surface area contributed by atoms with Crippen LogP contribution in [0.3, 0.4) is 0 Å². The minimum atomic E-state index is -0.419. The Bertz CT molecular complexity index is 981. The number of likely N-dealkylation sites (tertiary alicyclic amines) is 1. The molecule has 1 aromatic heterocycles. The number of hydrogen-bond acceptors (Lipinski definition) is 6. The van der Waals surface area contributed by atoms with E-state index in [4.69, 9.17) is 16.3 Å². The van der Waals surface area contributed by atoms with Crippen LogP contribution in [0, 0.1) is 6.92 Å². The molecule has 1 saturated heterocycles. The number of aryl methyl sites for hydroxylation is 1. The zero-order valence-corrected chi connectivity index (χ0v) is 20.6. The summed E-state index contributed by atoms with van der Waals surface area (Å²) in [5.74, 6) is 1.24. The van der Waals surface area contributed by atoms with Gasteiger partial charge in [-0.2, -0.15) is 0 Å². The number of thioether (sulfide) groups is 1. The van der Waals surface area contributed by atoms with Crippen LogP contribution in [0.4, 0.5) is 5.69 Å². The third-order valence-corrected chi connectivity index (χ3v) is 6.99. The van der Waals surface area contributed by atoms with Crippen molar-refractivity contribution < 1.29 is 14.3 Å². The van der Waals surface area contributed by atoms with Crippen molar-refractivity contribution >= 4 is 40.9 Å². The standard InChI is InChI=1S/C22H30ClN5O3S/c1-5-28-19(13-27-10-8-6-7-9-20(27)29)25-26-22(28)32-15(3)21(30)24-17-11-14(2)16(23)12-18(17)31-4/h11-12,15H,5-10,13H2,1-4H3,(H,24,30)/t15-/m0/s1. The van der Waals surface area contributed by atoms with Crippen molar-refractivity contribution in [1.29, 1.82) is 0 Å². The smallest absolute Gasteiger partial charge is 0.237 e. The Kier molecular flexibility index (Phi) is 8.42. The van der Waals surface area contributed by atoms with Crippen LogP contribution in [-0.4, -0.2) is 50.4 Å². The first-order valence-corrected chi connectivity index (χ1v) is 12.1. The summed E-state index contributed by atoms with van der Waals surface area (Å²) in [5, 5.41) is 12.4. The first-order chi connectivity index (χ1) is 15.3. The van der Waals surface area contributed by atoms with Crippen LogP contribution in [-0.2, 0) is 22.7 Å². The highest BCUT2D eigenvalue weighted by Crippen LogP contribution is 2.32. The van der Waals surface area contributed by atoms with Gasteiger partial charge in [-0.15, -0.1) is 10.2 Å². The molecular weight excluding hydrogens is 450 g/mol. The van der Waals surface area contributed by atoms with Crippen molar-refractivity contribution in [3.05, 3.63) is 28.5 Å². The second kappa shape index (κ2) is 11.0. The highest BCUT2D eigenvalue weighted by Gasteiger charge is 2.23. The number of ether oxygens (including phenoxy) is 1. The molecule has 1 N–H and O–H groups in total. The van der Waals surface area contributed by atoms with Crippen LogP contribution in [0.5, 0.6) is 5.75 Å². The van der Waals surface area contributed by atoms with Crippen molar-refractivity contribution in [2.45, 2.75) is 70.0 Å². The predicted octanol–water partition coefficient (Wildman–Crippen LogP) is 4.29. The number of benzene rings is 1. The molecule has 1 aromatic carbocycles. The Morgan fingerprint density at radius 3 is 2.81 bits per heavy atom. The fraction of sp³-hybridized carbons (Fsp3) is 0.545. The molecule has 1 fully saturated rings. The van der Waals surface area contributed by atoms with Crippen LogP contribution in [0.15, 0.2) is 17.3 Å². The van der Waals surface area contributed by atoms with Gasteiger partial charge in [0.05, 0.1) is 24.6 Å². The monoisotopic (exact) mass is 479 g/mol. The molecule has 0 aliphatic carbocycles. The van der Waals surface area contributed by atoms with Gasteiger partial charge in [0, 0.05) is 30.6 Å². The first kappa shape index (κ1) is 24.4. The molecule has 0 radical (unpaired) electrons. The summed E-state index contributed by atoms with van der Waals surface area (Å²) in [7, 11) is 1.54. The van der Waals surface area contributed by atoms with Crippen LogP contribution in [0.25, 0.3) is 0 Å². The molecule has 0 unspecified atom stereocenters. The fourth-order valence-electron chi connectivity index (χ4n) is 3.59. The number of rotatable bonds is 8. The molecule has 32 heavy (non-hydrogen) atoms. The molecule has 1 aliphatic heterocycles. The number of amides is 2. The molecular formula is C22H30ClN5O3S. The maximum atomic E-state index is 12.9. The van der Waals surface area contributed by atoms with E-state index in [0.717, 1.165) is 37.2 Å². The summed E-state index contributed by atoms with van der Waals surface area (Å²) in [6, 6.07) is 3.48. The average molecular weight is 480 g/mol. The molecule has 1 aliphatic rings. The van der Waals surface area contributed by atoms with Crippen molar-refractivity contribution in [2.75, 3.05) is 19.0 Å². The number of anilines is 1. The van der Waals surface area contributed by atoms with Gasteiger partial charge in [-0.3, -0.25) is 9.59 Å². The molecule has 2 amide bonds. The first-order valence-electron chi connectivity index (χ1n) is 10.9. The van der Waals surface area contributed by atoms with Crippen LogP contribution in [0.1, 0.15) is 50.9 Å². The van der Waals surface area contributed by atoms with E-state index >= 15 is 0 Å². The van der Waals surface area contributed by atoms with E-state index in [1.54, 1.807) is 12.1 Å². The van der Waals surface area contributed by atoms with Gasteiger partial charge in [0.1, 0.15) is 5.75 Å². The minimum absolute atomic E-state index is 0.169. The molecule has 0 spiro atoms. The van der Waals surface area contributed by atoms with E-state index < -0.39 is 5.25 Å². The second-order valence-corrected chi connectivity index (χ2v) is 9.54. The zero-order valence-electron chi connectivity index (χ0n) is 19.0. The summed E-state index contributed by atoms with van der Waals surface area (Å²) >= 11 is 7.49. The van der Waals surface area contributed by atoms with Gasteiger partial charge in [0.25, 0.3) is 0 Å². The van der Waals surface area contributed by atoms with Gasteiger partial charge in [-0.1, -0.05) is 29.8 Å². The lowest BCUT2D eigenvalue weighted by Crippen LogP contribution is -2.31. The Labute approximate surface area is 198 Å². The van der Waals surface area contributed by atoms with Crippen molar-refractivity contribution in [1.82, 2.24) is 19.7 Å². The normalized spacial score (nSPS) is 15.4. The maximum absolute atomic E-state index is 12.9. The lowest BCUT2D eigenvalue weighted by atomic mass is 10.2. The summed E-state index contributed by atoms with van der Waals surface area (Å²) in [5.41, 5.74) is 1.42. The molecule has 8 nitrogen and oxygen atoms in total. The Hall–Kier alpha value is -2.26. The van der Waals surface area contributed by atoms with Crippen LogP contribution < -0.4 is 10.1 Å². The van der Waals surface area contributed by atoms with Crippen molar-refractivity contribution in [3.8, 4) is 5.75 Å². The molecule has 2 heterocycles. The molecule has 0 bridgehead atoms. The van der Waals surface area contributed by atoms with Crippen molar-refractivity contribution in [2.24, 2.45) is 0 Å². The van der Waals surface area contributed by atoms with Gasteiger partial charge < -0.3 is 19.5 Å². The van der Waals surface area contributed by atoms with Gasteiger partial charge in [0.2, 0.25) is 11.8 Å². The summed E-state index contributed by atoms with van der Waals surface area (Å²) < 4.78 is 7.32. The Balaban J connectivity index is 1.69. The van der Waals surface area contributed by atoms with E-state index in [1.165, 1.54) is 18.9 Å². The zero-order chi connectivity index (χ0) is 23.3. The van der Waals surface area contributed by atoms with E-state index in [2.05, 4.69) is 15.5 Å². The largest absolute Gasteiger partial charge is 0.495 e. The SMILES string of the molecule is CCn1c(CN2CCCCCC2=O)nnc1S[C@@H](C)C(=O)Nc1cc(C)c(Cl)cc1OC. The van der Waals surface area contributed by atoms with E-state index in [9.17, 15) is 9.59 Å². The number of nitrogens with one attached hydrogen (secondary N) is 1. The van der Waals surface area contributed by atoms with Crippen molar-refractivity contribution in [3.63, 3.8) is 0 Å². The second-order valence-electron chi connectivity index (χ2n) is 7.82. The molecule has 1 atom stereocenters. The van der Waals surface area contributed by atoms with E-state index in [-0.39, 0.29) is 11.8 Å².